The Labute approximate surface area is 136 Å². The van der Waals surface area contributed by atoms with Crippen molar-refractivity contribution in [1.82, 2.24) is 20.3 Å². The van der Waals surface area contributed by atoms with E-state index < -0.39 is 11.2 Å². The molecule has 3 rings (SSSR count). The lowest BCUT2D eigenvalue weighted by molar-refractivity contribution is 0.0946. The van der Waals surface area contributed by atoms with Gasteiger partial charge in [-0.3, -0.25) is 19.6 Å². The number of pyridine rings is 1. The van der Waals surface area contributed by atoms with Gasteiger partial charge < -0.3 is 5.32 Å². The zero-order valence-electron chi connectivity index (χ0n) is 13.3. The lowest BCUT2D eigenvalue weighted by atomic mass is 10.1. The SMILES string of the molecule is Cc1ccccc1CNC(=O)c1cc(C)c2c(=O)[nH]c(=O)[nH]c2n1. The number of aromatic nitrogens is 3. The van der Waals surface area contributed by atoms with Gasteiger partial charge in [0, 0.05) is 6.54 Å². The van der Waals surface area contributed by atoms with Crippen LogP contribution in [0.15, 0.2) is 39.9 Å². The third kappa shape index (κ3) is 2.96. The van der Waals surface area contributed by atoms with Gasteiger partial charge in [0.15, 0.2) is 0 Å². The summed E-state index contributed by atoms with van der Waals surface area (Å²) in [5, 5.41) is 3.07. The molecule has 1 aromatic carbocycles. The number of hydrogen-bond donors (Lipinski definition) is 3. The van der Waals surface area contributed by atoms with Crippen molar-refractivity contribution in [2.75, 3.05) is 0 Å². The molecule has 24 heavy (non-hydrogen) atoms. The molecule has 2 heterocycles. The van der Waals surface area contributed by atoms with Crippen LogP contribution in [0.4, 0.5) is 0 Å². The smallest absolute Gasteiger partial charge is 0.327 e. The Bertz CT molecular complexity index is 1050. The Morgan fingerprint density at radius 2 is 1.88 bits per heavy atom. The highest BCUT2D eigenvalue weighted by Gasteiger charge is 2.13. The molecule has 0 aliphatic heterocycles. The van der Waals surface area contributed by atoms with Gasteiger partial charge >= 0.3 is 5.69 Å². The van der Waals surface area contributed by atoms with Crippen LogP contribution in [0.2, 0.25) is 0 Å². The minimum atomic E-state index is -0.656. The Morgan fingerprint density at radius 3 is 2.62 bits per heavy atom. The summed E-state index contributed by atoms with van der Waals surface area (Å²) in [6.07, 6.45) is 0. The van der Waals surface area contributed by atoms with Crippen molar-refractivity contribution in [1.29, 1.82) is 0 Å². The summed E-state index contributed by atoms with van der Waals surface area (Å²) in [5.74, 6) is -0.371. The molecule has 0 radical (unpaired) electrons. The van der Waals surface area contributed by atoms with Crippen molar-refractivity contribution < 1.29 is 4.79 Å². The second-order valence-electron chi connectivity index (χ2n) is 5.57. The topological polar surface area (TPSA) is 108 Å². The summed E-state index contributed by atoms with van der Waals surface area (Å²) in [4.78, 5) is 44.3. The molecule has 0 fully saturated rings. The molecular formula is C17H16N4O3. The maximum atomic E-state index is 12.3. The van der Waals surface area contributed by atoms with Gasteiger partial charge in [-0.05, 0) is 36.6 Å². The first-order chi connectivity index (χ1) is 11.5. The van der Waals surface area contributed by atoms with Crippen molar-refractivity contribution in [3.05, 3.63) is 73.6 Å². The second kappa shape index (κ2) is 6.11. The third-order valence-electron chi connectivity index (χ3n) is 3.84. The Kier molecular flexibility index (Phi) is 3.99. The van der Waals surface area contributed by atoms with Crippen LogP contribution in [0.1, 0.15) is 27.2 Å². The average Bonchev–Trinajstić information content (AvgIpc) is 2.52. The molecule has 0 atom stereocenters. The van der Waals surface area contributed by atoms with E-state index in [2.05, 4.69) is 20.3 Å². The van der Waals surface area contributed by atoms with Crippen LogP contribution in [0.25, 0.3) is 11.0 Å². The predicted molar refractivity (Wildman–Crippen MR) is 90.1 cm³/mol. The molecule has 0 aliphatic carbocycles. The van der Waals surface area contributed by atoms with Gasteiger partial charge in [0.1, 0.15) is 11.3 Å². The standard InChI is InChI=1S/C17H16N4O3/c1-9-5-3-4-6-11(9)8-18-15(22)12-7-10(2)13-14(19-12)20-17(24)21-16(13)23/h3-7H,8H2,1-2H3,(H,18,22)(H2,19,20,21,23,24). The molecule has 0 unspecified atom stereocenters. The molecule has 0 aliphatic rings. The van der Waals surface area contributed by atoms with Crippen molar-refractivity contribution in [2.24, 2.45) is 0 Å². The highest BCUT2D eigenvalue weighted by atomic mass is 16.2. The molecule has 122 valence electrons. The van der Waals surface area contributed by atoms with Crippen molar-refractivity contribution in [3.8, 4) is 0 Å². The number of carbonyl (C=O) groups excluding carboxylic acids is 1. The fourth-order valence-corrected chi connectivity index (χ4v) is 2.54. The van der Waals surface area contributed by atoms with Gasteiger partial charge in [-0.15, -0.1) is 0 Å². The summed E-state index contributed by atoms with van der Waals surface area (Å²) in [6, 6.07) is 9.28. The first-order valence-electron chi connectivity index (χ1n) is 7.42. The van der Waals surface area contributed by atoms with Crippen LogP contribution < -0.4 is 16.6 Å². The monoisotopic (exact) mass is 324 g/mol. The third-order valence-corrected chi connectivity index (χ3v) is 3.84. The van der Waals surface area contributed by atoms with E-state index in [0.717, 1.165) is 11.1 Å². The van der Waals surface area contributed by atoms with Crippen LogP contribution in [0, 0.1) is 13.8 Å². The van der Waals surface area contributed by atoms with Gasteiger partial charge in [-0.2, -0.15) is 0 Å². The molecule has 7 heteroatoms. The van der Waals surface area contributed by atoms with Crippen LogP contribution >= 0.6 is 0 Å². The molecule has 0 saturated carbocycles. The Hall–Kier alpha value is -3.22. The molecular weight excluding hydrogens is 308 g/mol. The van der Waals surface area contributed by atoms with Crippen LogP contribution in [-0.4, -0.2) is 20.9 Å². The number of nitrogens with zero attached hydrogens (tertiary/aromatic N) is 1. The van der Waals surface area contributed by atoms with Gasteiger partial charge in [-0.1, -0.05) is 24.3 Å². The van der Waals surface area contributed by atoms with Gasteiger partial charge in [0.05, 0.1) is 5.39 Å². The minimum Gasteiger partial charge on any atom is -0.347 e. The van der Waals surface area contributed by atoms with Crippen LogP contribution in [0.5, 0.6) is 0 Å². The summed E-state index contributed by atoms with van der Waals surface area (Å²) < 4.78 is 0. The Morgan fingerprint density at radius 1 is 1.12 bits per heavy atom. The fraction of sp³-hybridized carbons (Fsp3) is 0.176. The van der Waals surface area contributed by atoms with E-state index in [1.807, 2.05) is 31.2 Å². The highest BCUT2D eigenvalue weighted by molar-refractivity contribution is 5.95. The fourth-order valence-electron chi connectivity index (χ4n) is 2.54. The number of nitrogens with one attached hydrogen (secondary N) is 3. The van der Waals surface area contributed by atoms with E-state index in [1.54, 1.807) is 6.92 Å². The zero-order valence-corrected chi connectivity index (χ0v) is 13.3. The Balaban J connectivity index is 1.92. The lowest BCUT2D eigenvalue weighted by Crippen LogP contribution is -2.27. The van der Waals surface area contributed by atoms with Crippen molar-refractivity contribution in [2.45, 2.75) is 20.4 Å². The first-order valence-corrected chi connectivity index (χ1v) is 7.42. The number of H-pyrrole nitrogens is 2. The number of benzene rings is 1. The predicted octanol–water partition coefficient (Wildman–Crippen LogP) is 1.16. The molecule has 2 aromatic heterocycles. The zero-order chi connectivity index (χ0) is 17.3. The average molecular weight is 324 g/mol. The van der Waals surface area contributed by atoms with E-state index in [4.69, 9.17) is 0 Å². The maximum Gasteiger partial charge on any atom is 0.327 e. The molecule has 0 bridgehead atoms. The highest BCUT2D eigenvalue weighted by Crippen LogP contribution is 2.11. The number of carbonyl (C=O) groups is 1. The molecule has 7 nitrogen and oxygen atoms in total. The van der Waals surface area contributed by atoms with Crippen LogP contribution in [-0.2, 0) is 6.54 Å². The number of rotatable bonds is 3. The molecule has 3 aromatic rings. The largest absolute Gasteiger partial charge is 0.347 e. The quantitative estimate of drug-likeness (QED) is 0.672. The number of fused-ring (bicyclic) bond motifs is 1. The minimum absolute atomic E-state index is 0.102. The number of aromatic amines is 2. The molecule has 0 saturated heterocycles. The summed E-state index contributed by atoms with van der Waals surface area (Å²) in [7, 11) is 0. The molecule has 1 amide bonds. The molecule has 0 spiro atoms. The van der Waals surface area contributed by atoms with E-state index in [0.29, 0.717) is 12.1 Å². The second-order valence-corrected chi connectivity index (χ2v) is 5.57. The number of amides is 1. The van der Waals surface area contributed by atoms with E-state index in [9.17, 15) is 14.4 Å². The summed E-state index contributed by atoms with van der Waals surface area (Å²) in [5.41, 5.74) is 1.73. The van der Waals surface area contributed by atoms with E-state index in [-0.39, 0.29) is 22.6 Å². The number of hydrogen-bond acceptors (Lipinski definition) is 4. The van der Waals surface area contributed by atoms with Crippen molar-refractivity contribution >= 4 is 16.9 Å². The van der Waals surface area contributed by atoms with Gasteiger partial charge in [0.2, 0.25) is 0 Å². The van der Waals surface area contributed by atoms with E-state index >= 15 is 0 Å². The molecule has 3 N–H and O–H groups in total. The lowest BCUT2D eigenvalue weighted by Gasteiger charge is -2.09. The number of aryl methyl sites for hydroxylation is 2. The van der Waals surface area contributed by atoms with Gasteiger partial charge in [-0.25, -0.2) is 9.78 Å². The van der Waals surface area contributed by atoms with Gasteiger partial charge in [0.25, 0.3) is 11.5 Å². The van der Waals surface area contributed by atoms with E-state index in [1.165, 1.54) is 6.07 Å². The van der Waals surface area contributed by atoms with Crippen molar-refractivity contribution in [3.63, 3.8) is 0 Å². The summed E-state index contributed by atoms with van der Waals surface area (Å²) in [6.45, 7) is 4.03. The summed E-state index contributed by atoms with van der Waals surface area (Å²) >= 11 is 0. The maximum absolute atomic E-state index is 12.3. The van der Waals surface area contributed by atoms with Crippen LogP contribution in [0.3, 0.4) is 0 Å². The normalized spacial score (nSPS) is 10.8. The first kappa shape index (κ1) is 15.7.